The Hall–Kier alpha value is -3.72. The molecule has 3 aliphatic rings. The number of nitrogens with two attached hydrogens (primary N) is 1. The van der Waals surface area contributed by atoms with Crippen LogP contribution in [0.25, 0.3) is 0 Å². The zero-order valence-electron chi connectivity index (χ0n) is 21.4. The number of carboxylic acids is 1. The summed E-state index contributed by atoms with van der Waals surface area (Å²) in [5.74, 6) is -0.926. The number of amides is 2. The number of nitrogen functional groups attached to an aromatic ring is 1. The van der Waals surface area contributed by atoms with E-state index in [0.717, 1.165) is 36.7 Å². The minimum absolute atomic E-state index is 0.0310. The fourth-order valence-corrected chi connectivity index (χ4v) is 6.27. The Morgan fingerprint density at radius 1 is 1.44 bits per heavy atom. The van der Waals surface area contributed by atoms with E-state index in [1.54, 1.807) is 12.3 Å². The van der Waals surface area contributed by atoms with Crippen LogP contribution >= 0.6 is 23.1 Å². The highest BCUT2D eigenvalue weighted by Gasteiger charge is 2.55. The zero-order valence-corrected chi connectivity index (χ0v) is 23.9. The number of anilines is 2. The lowest BCUT2D eigenvalue weighted by molar-refractivity contribution is -0.768. The molecule has 2 aromatic rings. The Morgan fingerprint density at radius 3 is 2.80 bits per heavy atom. The van der Waals surface area contributed by atoms with Gasteiger partial charge in [-0.15, -0.1) is 32.5 Å². The third-order valence-corrected chi connectivity index (χ3v) is 8.01. The number of thioether (sulfide) groups is 1. The molecule has 0 unspecified atom stereocenters. The van der Waals surface area contributed by atoms with Crippen molar-refractivity contribution in [3.63, 3.8) is 0 Å². The number of oxime groups is 1. The number of carbonyl (C=O) groups is 3. The molecule has 17 nitrogen and oxygen atoms in total. The topological polar surface area (TPSA) is 245 Å². The molecular formula is C21H26N8O9S3. The predicted molar refractivity (Wildman–Crippen MR) is 144 cm³/mol. The van der Waals surface area contributed by atoms with E-state index in [9.17, 15) is 19.5 Å². The van der Waals surface area contributed by atoms with E-state index in [1.165, 1.54) is 16.7 Å². The van der Waals surface area contributed by atoms with Gasteiger partial charge in [-0.25, -0.2) is 18.2 Å². The monoisotopic (exact) mass is 630 g/mol. The lowest BCUT2D eigenvalue weighted by atomic mass is 10.0. The summed E-state index contributed by atoms with van der Waals surface area (Å²) < 4.78 is 36.9. The standard InChI is InChI=1S/C21H24N8O5S2.H2O4S/c1-2-34-26-14(12-10-36-21(22)24-12)17(30)25-15-18(31)29-16(20(32)33)11(9-35-19(15)29)8-27-7-4-13-23-5-3-6-28(13)27;1-5(2,3)4/h4,7,10,15,19H,2-3,5-6,8-9H2,1H3,(H4,22,24,25,30,32,33);(H2,1,2,3,4)/t15-,19-;/m1./s1. The van der Waals surface area contributed by atoms with E-state index in [4.69, 9.17) is 28.1 Å². The molecule has 2 atom stereocenters. The molecule has 0 radical (unpaired) electrons. The average molecular weight is 631 g/mol. The van der Waals surface area contributed by atoms with Crippen LogP contribution in [-0.2, 0) is 42.7 Å². The van der Waals surface area contributed by atoms with Crippen molar-refractivity contribution in [3.8, 4) is 0 Å². The molecule has 41 heavy (non-hydrogen) atoms. The Morgan fingerprint density at radius 2 is 2.17 bits per heavy atom. The molecule has 222 valence electrons. The lowest BCUT2D eigenvalue weighted by Gasteiger charge is -2.49. The smallest absolute Gasteiger partial charge is 0.352 e. The molecular weight excluding hydrogens is 604 g/mol. The van der Waals surface area contributed by atoms with Crippen LogP contribution in [-0.4, -0.2) is 91.0 Å². The summed E-state index contributed by atoms with van der Waals surface area (Å²) in [5.41, 5.74) is 6.42. The summed E-state index contributed by atoms with van der Waals surface area (Å²) in [6.45, 7) is 4.02. The largest absolute Gasteiger partial charge is 0.726 e. The molecule has 0 spiro atoms. The van der Waals surface area contributed by atoms with Gasteiger partial charge in [0.25, 0.3) is 11.8 Å². The fraction of sp³-hybridized carbons (Fsp3) is 0.429. The van der Waals surface area contributed by atoms with Crippen molar-refractivity contribution < 1.29 is 46.5 Å². The second-order valence-corrected chi connectivity index (χ2v) is 11.5. The SMILES string of the molecule is CCON=C(C(=O)N[C@@H]1C(=O)N2C(C(=O)O)=C(C[n+]3ccc4n3CCCN4)CS[C@H]12)c1csc(N)n1.O=S(=O)([O-])O. The van der Waals surface area contributed by atoms with Crippen molar-refractivity contribution in [2.75, 3.05) is 30.0 Å². The van der Waals surface area contributed by atoms with Crippen LogP contribution in [0.4, 0.5) is 10.9 Å². The number of hydrogen-bond donors (Lipinski definition) is 5. The third-order valence-electron chi connectivity index (χ3n) is 6.00. The molecule has 0 aromatic carbocycles. The summed E-state index contributed by atoms with van der Waals surface area (Å²) in [6.07, 6.45) is 2.87. The Labute approximate surface area is 241 Å². The maximum atomic E-state index is 13.1. The van der Waals surface area contributed by atoms with Crippen molar-refractivity contribution in [3.05, 3.63) is 34.6 Å². The van der Waals surface area contributed by atoms with E-state index < -0.39 is 39.6 Å². The first-order valence-electron chi connectivity index (χ1n) is 12.0. The van der Waals surface area contributed by atoms with E-state index in [2.05, 4.69) is 25.5 Å². The van der Waals surface area contributed by atoms with Gasteiger partial charge in [0.2, 0.25) is 10.4 Å². The summed E-state index contributed by atoms with van der Waals surface area (Å²) in [4.78, 5) is 48.7. The number of fused-ring (bicyclic) bond motifs is 2. The molecule has 0 aliphatic carbocycles. The van der Waals surface area contributed by atoms with Gasteiger partial charge in [-0.05, 0) is 13.3 Å². The lowest BCUT2D eigenvalue weighted by Crippen LogP contribution is -2.71. The van der Waals surface area contributed by atoms with Crippen LogP contribution in [0.5, 0.6) is 0 Å². The molecule has 2 amide bonds. The molecule has 20 heteroatoms. The highest BCUT2D eigenvalue weighted by molar-refractivity contribution is 8.00. The van der Waals surface area contributed by atoms with Crippen LogP contribution in [0.3, 0.4) is 0 Å². The van der Waals surface area contributed by atoms with Gasteiger partial charge < -0.3 is 30.9 Å². The van der Waals surface area contributed by atoms with Crippen molar-refractivity contribution in [1.82, 2.24) is 19.9 Å². The van der Waals surface area contributed by atoms with Crippen molar-refractivity contribution in [2.24, 2.45) is 5.16 Å². The zero-order chi connectivity index (χ0) is 29.9. The van der Waals surface area contributed by atoms with Crippen molar-refractivity contribution in [2.45, 2.75) is 37.8 Å². The summed E-state index contributed by atoms with van der Waals surface area (Å²) in [6, 6.07) is 1.05. The number of aliphatic carboxylic acids is 1. The quantitative estimate of drug-likeness (QED) is 0.0576. The number of thiazole rings is 1. The molecule has 6 N–H and O–H groups in total. The third kappa shape index (κ3) is 6.96. The number of β-lactam (4-membered cyclic amide) rings is 1. The van der Waals surface area contributed by atoms with Crippen molar-refractivity contribution in [1.29, 1.82) is 0 Å². The van der Waals surface area contributed by atoms with Gasteiger partial charge in [0, 0.05) is 23.3 Å². The Kier molecular flexibility index (Phi) is 9.17. The molecule has 5 rings (SSSR count). The molecule has 0 bridgehead atoms. The number of aromatic nitrogens is 3. The second kappa shape index (κ2) is 12.4. The van der Waals surface area contributed by atoms with E-state index in [0.29, 0.717) is 17.9 Å². The van der Waals surface area contributed by atoms with Gasteiger partial charge in [-0.1, -0.05) is 5.16 Å². The Bertz CT molecular complexity index is 1510. The first kappa shape index (κ1) is 30.2. The predicted octanol–water partition coefficient (Wildman–Crippen LogP) is -1.19. The molecule has 5 heterocycles. The van der Waals surface area contributed by atoms with Crippen LogP contribution in [0.2, 0.25) is 0 Å². The number of nitrogens with one attached hydrogen (secondary N) is 2. The number of carboxylic acid groups (broad SMARTS) is 1. The molecule has 0 saturated carbocycles. The number of rotatable bonds is 8. The van der Waals surface area contributed by atoms with E-state index >= 15 is 0 Å². The highest BCUT2D eigenvalue weighted by atomic mass is 32.3. The van der Waals surface area contributed by atoms with Gasteiger partial charge in [0.1, 0.15) is 29.4 Å². The van der Waals surface area contributed by atoms with Crippen molar-refractivity contribution >= 4 is 67.9 Å². The number of hydrogen-bond acceptors (Lipinski definition) is 13. The van der Waals surface area contributed by atoms with Gasteiger partial charge in [-0.3, -0.25) is 19.0 Å². The summed E-state index contributed by atoms with van der Waals surface area (Å²) in [5, 5.41) is 21.1. The molecule has 1 fully saturated rings. The maximum Gasteiger partial charge on any atom is 0.352 e. The molecule has 1 saturated heterocycles. The van der Waals surface area contributed by atoms with Crippen LogP contribution in [0.1, 0.15) is 19.0 Å². The fourth-order valence-electron chi connectivity index (χ4n) is 4.38. The van der Waals surface area contributed by atoms with Crippen LogP contribution in [0, 0.1) is 0 Å². The average Bonchev–Trinajstić information content (AvgIpc) is 3.52. The minimum Gasteiger partial charge on any atom is -0.726 e. The molecule has 2 aromatic heterocycles. The van der Waals surface area contributed by atoms with E-state index in [-0.39, 0.29) is 28.8 Å². The van der Waals surface area contributed by atoms with Crippen LogP contribution < -0.4 is 21.0 Å². The van der Waals surface area contributed by atoms with Gasteiger partial charge in [0.05, 0.1) is 12.6 Å². The summed E-state index contributed by atoms with van der Waals surface area (Å²) >= 11 is 2.56. The normalized spacial score (nSPS) is 20.1. The van der Waals surface area contributed by atoms with Crippen LogP contribution in [0.15, 0.2) is 34.1 Å². The number of carbonyl (C=O) groups excluding carboxylic acids is 2. The van der Waals surface area contributed by atoms with Gasteiger partial charge in [-0.2, -0.15) is 0 Å². The Balaban J connectivity index is 0.000000714. The maximum absolute atomic E-state index is 13.1. The first-order valence-corrected chi connectivity index (χ1v) is 15.3. The second-order valence-electron chi connectivity index (χ2n) is 8.68. The van der Waals surface area contributed by atoms with E-state index in [1.807, 2.05) is 16.9 Å². The number of nitrogens with zero attached hydrogens (tertiary/aromatic N) is 5. The minimum atomic E-state index is -4.92. The summed E-state index contributed by atoms with van der Waals surface area (Å²) in [7, 11) is -4.92. The van der Waals surface area contributed by atoms with Gasteiger partial charge >= 0.3 is 5.97 Å². The van der Waals surface area contributed by atoms with Gasteiger partial charge in [0.15, 0.2) is 29.4 Å². The first-order chi connectivity index (χ1) is 19.4. The molecule has 3 aliphatic heterocycles. The highest BCUT2D eigenvalue weighted by Crippen LogP contribution is 2.40.